The van der Waals surface area contributed by atoms with Gasteiger partial charge in [-0.15, -0.1) is 0 Å². The Labute approximate surface area is 502 Å². The lowest BCUT2D eigenvalue weighted by molar-refractivity contribution is -0.142. The standard InChI is InChI=1S/C58H80N16O13/c1-31(2)25-42(51(81)66-40(17-11-23-63-57(61)62-5)50(80)67-41(49(60)79)28-36-30-64-39-16-10-9-15-38(36)39)70-58(87)73-72-53(83)43(26-34-13-7-6-8-14-34)69-55(85)48(32(3)75)71-52(82)44(29-47(59)78)68-54(84)46-18-12-24-74(46)56(86)45(65-33(4)76)27-35-19-21-37(77)22-20-35/h6-10,13-16,19-22,30-32,40-46,48,64,75,77H,11-12,17-18,23-29H2,1-5H3,(H2,59,78)(H2,60,79)(H,65,76)(H,66,81)(H,67,80)(H,68,84)(H,69,85)(H,71,82)(H,72,83)(H3,61,62,63)(H2,70,73,87)/t32-,40+,41+,42+,43+,44+,45-,46+,48+/m1/s1. The molecule has 2 heterocycles. The minimum absolute atomic E-state index is 0.00753. The molecule has 9 atom stereocenters. The van der Waals surface area contributed by atoms with Crippen LogP contribution in [0.2, 0.25) is 0 Å². The molecule has 470 valence electrons. The van der Waals surface area contributed by atoms with Crippen LogP contribution in [0.1, 0.15) is 82.9 Å². The molecular formula is C58H80N16O13. The second-order valence-electron chi connectivity index (χ2n) is 21.6. The van der Waals surface area contributed by atoms with E-state index in [0.717, 1.165) is 17.8 Å². The number of urea groups is 1. The van der Waals surface area contributed by atoms with Crippen LogP contribution in [0.3, 0.4) is 0 Å². The highest BCUT2D eigenvalue weighted by atomic mass is 16.3. The summed E-state index contributed by atoms with van der Waals surface area (Å²) in [5.74, 6) is -8.83. The van der Waals surface area contributed by atoms with Crippen molar-refractivity contribution in [1.82, 2.24) is 63.3 Å². The van der Waals surface area contributed by atoms with Gasteiger partial charge in [0.25, 0.3) is 5.91 Å². The lowest BCUT2D eigenvalue weighted by Crippen LogP contribution is -2.62. The van der Waals surface area contributed by atoms with Gasteiger partial charge in [-0.05, 0) is 79.8 Å². The van der Waals surface area contributed by atoms with Crippen LogP contribution in [0.15, 0.2) is 90.1 Å². The Kier molecular flexibility index (Phi) is 25.8. The Morgan fingerprint density at radius 2 is 1.29 bits per heavy atom. The number of aliphatic hydroxyl groups is 1. The van der Waals surface area contributed by atoms with E-state index >= 15 is 0 Å². The number of hydrogen-bond acceptors (Lipinski definition) is 14. The summed E-state index contributed by atoms with van der Waals surface area (Å²) < 4.78 is 0. The number of nitrogens with one attached hydrogen (secondary N) is 11. The van der Waals surface area contributed by atoms with E-state index in [-0.39, 0.29) is 75.7 Å². The first-order valence-corrected chi connectivity index (χ1v) is 28.4. The van der Waals surface area contributed by atoms with Gasteiger partial charge < -0.3 is 79.8 Å². The van der Waals surface area contributed by atoms with Gasteiger partial charge in [-0.2, -0.15) is 0 Å². The van der Waals surface area contributed by atoms with Gasteiger partial charge in [0.05, 0.1) is 12.5 Å². The maximum absolute atomic E-state index is 14.1. The smallest absolute Gasteiger partial charge is 0.334 e. The van der Waals surface area contributed by atoms with Crippen molar-refractivity contribution in [2.75, 3.05) is 20.1 Å². The number of carbonyl (C=O) groups is 11. The molecule has 1 aliphatic rings. The number of aliphatic hydroxyl groups excluding tert-OH is 1. The number of aromatic hydroxyl groups is 1. The summed E-state index contributed by atoms with van der Waals surface area (Å²) in [7, 11) is 1.48. The SMILES string of the molecule is CN=C(N)NCCC[C@H](NC(=O)[C@H](CC(C)C)NC(=O)NNC(=O)[C@H](Cc1ccccc1)NC(=O)[C@@H](NC(=O)[C@H](CC(N)=O)NC(=O)[C@@H]1CCCN1C(=O)[C@@H](Cc1ccc(O)cc1)NC(C)=O)[C@@H](C)O)C(=O)N[C@@H](Cc1c[nH]c2ccccc12)C(N)=O. The van der Waals surface area contributed by atoms with Crippen molar-refractivity contribution in [3.05, 3.63) is 102 Å². The van der Waals surface area contributed by atoms with Crippen LogP contribution in [-0.2, 0) is 67.2 Å². The summed E-state index contributed by atoms with van der Waals surface area (Å²) in [6, 6.07) is 9.29. The number of amides is 12. The summed E-state index contributed by atoms with van der Waals surface area (Å²) in [6.45, 7) is 6.25. The monoisotopic (exact) mass is 1210 g/mol. The van der Waals surface area contributed by atoms with Gasteiger partial charge in [-0.1, -0.05) is 74.5 Å². The fraction of sp³-hybridized carbons (Fsp3) is 0.448. The topological polar surface area (TPSA) is 458 Å². The highest BCUT2D eigenvalue weighted by Crippen LogP contribution is 2.22. The summed E-state index contributed by atoms with van der Waals surface area (Å²) in [5.41, 5.74) is 24.1. The van der Waals surface area contributed by atoms with Crippen LogP contribution in [0.5, 0.6) is 5.75 Å². The molecule has 3 aromatic carbocycles. The molecule has 1 fully saturated rings. The van der Waals surface area contributed by atoms with E-state index in [9.17, 15) is 63.0 Å². The first kappa shape index (κ1) is 68.0. The number of guanidine groups is 1. The Bertz CT molecular complexity index is 3100. The quantitative estimate of drug-likeness (QED) is 0.0112. The average Bonchev–Trinajstić information content (AvgIpc) is 2.40. The molecule has 0 radical (unpaired) electrons. The summed E-state index contributed by atoms with van der Waals surface area (Å²) in [6.07, 6.45) is -0.155. The predicted octanol–water partition coefficient (Wildman–Crippen LogP) is -2.38. The minimum Gasteiger partial charge on any atom is -0.508 e. The summed E-state index contributed by atoms with van der Waals surface area (Å²) in [5, 5.41) is 42.0. The number of H-pyrrole nitrogens is 1. The molecule has 1 aliphatic heterocycles. The van der Waals surface area contributed by atoms with Gasteiger partial charge in [-0.3, -0.25) is 58.4 Å². The van der Waals surface area contributed by atoms with Gasteiger partial charge in [0.2, 0.25) is 53.2 Å². The number of aromatic amines is 1. The van der Waals surface area contributed by atoms with Gasteiger partial charge in [-0.25, -0.2) is 10.2 Å². The van der Waals surface area contributed by atoms with E-state index in [2.05, 4.69) is 63.4 Å². The van der Waals surface area contributed by atoms with Gasteiger partial charge in [0, 0.05) is 63.4 Å². The Morgan fingerprint density at radius 3 is 1.93 bits per heavy atom. The van der Waals surface area contributed by atoms with Crippen LogP contribution >= 0.6 is 0 Å². The van der Waals surface area contributed by atoms with E-state index in [1.807, 2.05) is 24.3 Å². The molecule has 0 spiro atoms. The van der Waals surface area contributed by atoms with Crippen molar-refractivity contribution in [3.8, 4) is 5.75 Å². The second kappa shape index (κ2) is 33.0. The third-order valence-electron chi connectivity index (χ3n) is 14.1. The molecule has 0 saturated carbocycles. The van der Waals surface area contributed by atoms with E-state index < -0.39 is 126 Å². The number of hydrogen-bond donors (Lipinski definition) is 16. The number of aliphatic imine (C=N–C) groups is 1. The highest BCUT2D eigenvalue weighted by molar-refractivity contribution is 5.99. The number of nitrogens with two attached hydrogens (primary N) is 3. The lowest BCUT2D eigenvalue weighted by atomic mass is 10.0. The van der Waals surface area contributed by atoms with Crippen LogP contribution < -0.4 is 70.6 Å². The number of benzene rings is 3. The molecule has 29 heteroatoms. The molecular weight excluding hydrogens is 1130 g/mol. The van der Waals surface area contributed by atoms with Gasteiger partial charge in [0.15, 0.2) is 5.96 Å². The number of fused-ring (bicyclic) bond motifs is 1. The molecule has 0 unspecified atom stereocenters. The summed E-state index contributed by atoms with van der Waals surface area (Å²) in [4.78, 5) is 157. The Hall–Kier alpha value is -9.80. The van der Waals surface area contributed by atoms with Gasteiger partial charge in [0.1, 0.15) is 54.1 Å². The van der Waals surface area contributed by atoms with Crippen molar-refractivity contribution < 1.29 is 63.0 Å². The molecule has 4 aromatic rings. The number of primary amides is 2. The fourth-order valence-electron chi connectivity index (χ4n) is 9.74. The number of rotatable bonds is 30. The maximum atomic E-state index is 14.1. The van der Waals surface area contributed by atoms with Crippen molar-refractivity contribution >= 4 is 82.0 Å². The van der Waals surface area contributed by atoms with Crippen LogP contribution in [0.25, 0.3) is 10.9 Å². The zero-order chi connectivity index (χ0) is 63.9. The second-order valence-corrected chi connectivity index (χ2v) is 21.6. The molecule has 87 heavy (non-hydrogen) atoms. The zero-order valence-corrected chi connectivity index (χ0v) is 49.1. The van der Waals surface area contributed by atoms with E-state index in [0.29, 0.717) is 23.1 Å². The first-order chi connectivity index (χ1) is 41.3. The van der Waals surface area contributed by atoms with E-state index in [1.54, 1.807) is 62.5 Å². The number of aromatic nitrogens is 1. The van der Waals surface area contributed by atoms with Crippen molar-refractivity contribution in [1.29, 1.82) is 0 Å². The van der Waals surface area contributed by atoms with Crippen molar-refractivity contribution in [2.24, 2.45) is 28.1 Å². The number of phenolic OH excluding ortho intramolecular Hbond substituents is 1. The number of para-hydroxylation sites is 1. The van der Waals surface area contributed by atoms with E-state index in [4.69, 9.17) is 17.2 Å². The van der Waals surface area contributed by atoms with E-state index in [1.165, 1.54) is 31.0 Å². The number of hydrazine groups is 1. The molecule has 0 aliphatic carbocycles. The molecule has 1 saturated heterocycles. The summed E-state index contributed by atoms with van der Waals surface area (Å²) >= 11 is 0. The largest absolute Gasteiger partial charge is 0.508 e. The molecule has 12 amide bonds. The van der Waals surface area contributed by atoms with Gasteiger partial charge >= 0.3 is 6.03 Å². The normalized spacial score (nSPS) is 15.8. The molecule has 29 nitrogen and oxygen atoms in total. The fourth-order valence-corrected chi connectivity index (χ4v) is 9.74. The molecule has 0 bridgehead atoms. The lowest BCUT2D eigenvalue weighted by Gasteiger charge is -2.30. The minimum atomic E-state index is -1.85. The van der Waals surface area contributed by atoms with Crippen molar-refractivity contribution in [2.45, 2.75) is 140 Å². The third-order valence-corrected chi connectivity index (χ3v) is 14.1. The number of phenols is 1. The van der Waals surface area contributed by atoms with Crippen LogP contribution in [-0.4, -0.2) is 166 Å². The zero-order valence-electron chi connectivity index (χ0n) is 49.1. The number of likely N-dealkylation sites (tertiary alicyclic amines) is 1. The Balaban J connectivity index is 1.27. The number of carbonyl (C=O) groups excluding carboxylic acids is 11. The van der Waals surface area contributed by atoms with Crippen LogP contribution in [0, 0.1) is 5.92 Å². The average molecular weight is 1210 g/mol. The highest BCUT2D eigenvalue weighted by Gasteiger charge is 2.40. The van der Waals surface area contributed by atoms with Crippen LogP contribution in [0.4, 0.5) is 4.79 Å². The van der Waals surface area contributed by atoms with Crippen molar-refractivity contribution in [3.63, 3.8) is 0 Å². The molecule has 5 rings (SSSR count). The third kappa shape index (κ3) is 21.3. The number of nitrogens with zero attached hydrogens (tertiary/aromatic N) is 2. The molecule has 19 N–H and O–H groups in total. The first-order valence-electron chi connectivity index (χ1n) is 28.4. The molecule has 1 aromatic heterocycles. The maximum Gasteiger partial charge on any atom is 0.334 e. The Morgan fingerprint density at radius 1 is 0.667 bits per heavy atom. The predicted molar refractivity (Wildman–Crippen MR) is 318 cm³/mol.